The Kier molecular flexibility index (Phi) is 8.16. The Morgan fingerprint density at radius 1 is 0.970 bits per heavy atom. The molecule has 3 aliphatic rings. The first-order valence-electron chi connectivity index (χ1n) is 11.5. The number of rotatable bonds is 7. The Balaban J connectivity index is 0.00000306. The van der Waals surface area contributed by atoms with E-state index in [1.165, 1.54) is 23.6 Å². The van der Waals surface area contributed by atoms with Crippen LogP contribution in [0.5, 0.6) is 0 Å². The lowest BCUT2D eigenvalue weighted by Crippen LogP contribution is -2.43. The second kappa shape index (κ2) is 10.2. The van der Waals surface area contributed by atoms with E-state index in [4.69, 9.17) is 0 Å². The van der Waals surface area contributed by atoms with Crippen LogP contribution in [0.3, 0.4) is 0 Å². The van der Waals surface area contributed by atoms with Gasteiger partial charge >= 0.3 is 0 Å². The fourth-order valence-electron chi connectivity index (χ4n) is 5.54. The molecule has 1 amide bonds. The molecule has 0 aromatic heterocycles. The van der Waals surface area contributed by atoms with Gasteiger partial charge in [0.1, 0.15) is 0 Å². The lowest BCUT2D eigenvalue weighted by molar-refractivity contribution is -0.128. The number of carbonyl (C=O) groups excluding carboxylic acids is 1. The fourth-order valence-corrected chi connectivity index (χ4v) is 8.43. The summed E-state index contributed by atoms with van der Waals surface area (Å²) in [6.07, 6.45) is 6.16. The molecule has 0 spiro atoms. The molecular weight excluding hydrogens is 486 g/mol. The summed E-state index contributed by atoms with van der Waals surface area (Å²) in [5, 5.41) is 0. The maximum absolute atomic E-state index is 13.5. The molecule has 0 saturated carbocycles. The zero-order valence-corrected chi connectivity index (χ0v) is 21.7. The molecule has 3 fully saturated rings. The predicted octanol–water partition coefficient (Wildman–Crippen LogP) is 2.44. The van der Waals surface area contributed by atoms with Crippen molar-refractivity contribution in [2.45, 2.75) is 69.0 Å². The smallest absolute Gasteiger partial charge is 0.243 e. The van der Waals surface area contributed by atoms with Crippen LogP contribution in [0.2, 0.25) is 0 Å². The molecule has 0 N–H and O–H groups in total. The van der Waals surface area contributed by atoms with Crippen LogP contribution in [0.4, 0.5) is 0 Å². The molecule has 0 radical (unpaired) electrons. The summed E-state index contributed by atoms with van der Waals surface area (Å²) in [5.41, 5.74) is 1.08. The van der Waals surface area contributed by atoms with E-state index in [-0.39, 0.29) is 23.8 Å². The van der Waals surface area contributed by atoms with Crippen molar-refractivity contribution in [1.82, 2.24) is 13.5 Å². The molecule has 3 aliphatic heterocycles. The van der Waals surface area contributed by atoms with E-state index < -0.39 is 44.0 Å². The van der Waals surface area contributed by atoms with Gasteiger partial charge in [0.15, 0.2) is 0 Å². The minimum Gasteiger partial charge on any atom is -0.299 e. The zero-order valence-electron chi connectivity index (χ0n) is 19.2. The Bertz CT molecular complexity index is 1060. The monoisotopic (exact) mass is 519 g/mol. The zero-order chi connectivity index (χ0) is 23.1. The van der Waals surface area contributed by atoms with Gasteiger partial charge in [0.2, 0.25) is 26.0 Å². The van der Waals surface area contributed by atoms with Gasteiger partial charge in [-0.25, -0.2) is 21.1 Å². The molecule has 33 heavy (non-hydrogen) atoms. The van der Waals surface area contributed by atoms with Crippen molar-refractivity contribution in [3.63, 3.8) is 0 Å². The van der Waals surface area contributed by atoms with Gasteiger partial charge in [0, 0.05) is 13.1 Å². The summed E-state index contributed by atoms with van der Waals surface area (Å²) in [5.74, 6) is -1.10. The lowest BCUT2D eigenvalue weighted by Gasteiger charge is -2.27. The summed E-state index contributed by atoms with van der Waals surface area (Å²) in [7, 11) is -7.59. The van der Waals surface area contributed by atoms with Gasteiger partial charge in [-0.2, -0.15) is 4.31 Å². The SMILES string of the molecule is CCC[C@H]1C(=O)N(S(C)(=O)=O)[C@H]2CCN(S(=O)(=O)c3ccc(CN4CCCCC4)cc3)[C@H]12.Cl. The number of piperidine rings is 1. The molecule has 3 heterocycles. The van der Waals surface area contributed by atoms with E-state index in [9.17, 15) is 21.6 Å². The van der Waals surface area contributed by atoms with E-state index in [1.54, 1.807) is 12.1 Å². The van der Waals surface area contributed by atoms with Gasteiger partial charge in [-0.3, -0.25) is 9.69 Å². The van der Waals surface area contributed by atoms with Gasteiger partial charge in [0.05, 0.1) is 29.2 Å². The number of amides is 1. The van der Waals surface area contributed by atoms with Crippen molar-refractivity contribution in [2.75, 3.05) is 25.9 Å². The highest BCUT2D eigenvalue weighted by molar-refractivity contribution is 7.89. The van der Waals surface area contributed by atoms with Crippen LogP contribution in [0.15, 0.2) is 29.2 Å². The van der Waals surface area contributed by atoms with Crippen molar-refractivity contribution in [3.8, 4) is 0 Å². The number of nitrogens with zero attached hydrogens (tertiary/aromatic N) is 3. The minimum absolute atomic E-state index is 0. The normalized spacial score (nSPS) is 26.9. The summed E-state index contributed by atoms with van der Waals surface area (Å²) in [4.78, 5) is 15.5. The minimum atomic E-state index is -3.84. The third-order valence-corrected chi connectivity index (χ3v) is 10.0. The van der Waals surface area contributed by atoms with Crippen LogP contribution in [0, 0.1) is 5.92 Å². The number of hydrogen-bond donors (Lipinski definition) is 0. The lowest BCUT2D eigenvalue weighted by atomic mass is 9.95. The first kappa shape index (κ1) is 26.4. The van der Waals surface area contributed by atoms with Gasteiger partial charge in [-0.05, 0) is 56.5 Å². The quantitative estimate of drug-likeness (QED) is 0.549. The van der Waals surface area contributed by atoms with Crippen molar-refractivity contribution in [1.29, 1.82) is 0 Å². The molecular formula is C22H34ClN3O5S2. The highest BCUT2D eigenvalue weighted by Gasteiger charge is 2.58. The molecule has 8 nitrogen and oxygen atoms in total. The van der Waals surface area contributed by atoms with Crippen LogP contribution in [-0.2, 0) is 31.4 Å². The Hall–Kier alpha value is -1.20. The van der Waals surface area contributed by atoms with Gasteiger partial charge in [-0.1, -0.05) is 31.9 Å². The number of sulfonamides is 2. The first-order chi connectivity index (χ1) is 15.1. The Morgan fingerprint density at radius 2 is 1.61 bits per heavy atom. The van der Waals surface area contributed by atoms with Crippen LogP contribution >= 0.6 is 12.4 Å². The van der Waals surface area contributed by atoms with Gasteiger partial charge in [0.25, 0.3) is 0 Å². The molecule has 0 bridgehead atoms. The number of hydrogen-bond acceptors (Lipinski definition) is 6. The van der Waals surface area contributed by atoms with Gasteiger partial charge in [-0.15, -0.1) is 12.4 Å². The van der Waals surface area contributed by atoms with E-state index in [0.29, 0.717) is 19.3 Å². The summed E-state index contributed by atoms with van der Waals surface area (Å²) >= 11 is 0. The average Bonchev–Trinajstić information content (AvgIpc) is 3.27. The van der Waals surface area contributed by atoms with Crippen molar-refractivity contribution < 1.29 is 21.6 Å². The van der Waals surface area contributed by atoms with Crippen molar-refractivity contribution in [2.24, 2.45) is 5.92 Å². The highest BCUT2D eigenvalue weighted by Crippen LogP contribution is 2.42. The van der Waals surface area contributed by atoms with Crippen molar-refractivity contribution in [3.05, 3.63) is 29.8 Å². The Morgan fingerprint density at radius 3 is 2.18 bits per heavy atom. The average molecular weight is 520 g/mol. The number of fused-ring (bicyclic) bond motifs is 1. The molecule has 0 aliphatic carbocycles. The summed E-state index contributed by atoms with van der Waals surface area (Å²) in [6.45, 7) is 5.08. The fraction of sp³-hybridized carbons (Fsp3) is 0.682. The second-order valence-electron chi connectivity index (χ2n) is 9.24. The number of likely N-dealkylation sites (tertiary alicyclic amines) is 1. The molecule has 1 aromatic carbocycles. The first-order valence-corrected chi connectivity index (χ1v) is 14.8. The second-order valence-corrected chi connectivity index (χ2v) is 13.0. The molecule has 186 valence electrons. The number of benzene rings is 1. The standard InChI is InChI=1S/C22H33N3O5S2.ClH/c1-3-7-19-21-20(25(22(19)26)31(2,27)28)12-15-24(21)32(29,30)18-10-8-17(9-11-18)16-23-13-5-4-6-14-23;/h8-11,19-21H,3-7,12-16H2,1-2H3;1H/t19-,20+,21-;/m1./s1. The summed E-state index contributed by atoms with van der Waals surface area (Å²) in [6, 6.07) is 5.74. The summed E-state index contributed by atoms with van der Waals surface area (Å²) < 4.78 is 54.0. The van der Waals surface area contributed by atoms with Crippen LogP contribution in [0.1, 0.15) is 51.0 Å². The van der Waals surface area contributed by atoms with Crippen LogP contribution in [-0.4, -0.2) is 74.2 Å². The van der Waals surface area contributed by atoms with E-state index in [1.807, 2.05) is 19.1 Å². The predicted molar refractivity (Wildman–Crippen MR) is 129 cm³/mol. The van der Waals surface area contributed by atoms with Gasteiger partial charge < -0.3 is 0 Å². The van der Waals surface area contributed by atoms with E-state index >= 15 is 0 Å². The number of carbonyl (C=O) groups is 1. The van der Waals surface area contributed by atoms with E-state index in [0.717, 1.165) is 35.8 Å². The van der Waals surface area contributed by atoms with Crippen molar-refractivity contribution >= 4 is 38.4 Å². The molecule has 1 aromatic rings. The maximum Gasteiger partial charge on any atom is 0.243 e. The molecule has 3 atom stereocenters. The van der Waals surface area contributed by atoms with Crippen LogP contribution < -0.4 is 0 Å². The maximum atomic E-state index is 13.5. The van der Waals surface area contributed by atoms with Crippen LogP contribution in [0.25, 0.3) is 0 Å². The molecule has 11 heteroatoms. The molecule has 3 saturated heterocycles. The molecule has 4 rings (SSSR count). The topological polar surface area (TPSA) is 95.1 Å². The third kappa shape index (κ3) is 5.10. The Labute approximate surface area is 203 Å². The number of halogens is 1. The largest absolute Gasteiger partial charge is 0.299 e. The van der Waals surface area contributed by atoms with E-state index in [2.05, 4.69) is 4.90 Å². The highest BCUT2D eigenvalue weighted by atomic mass is 35.5. The molecule has 0 unspecified atom stereocenters. The third-order valence-electron chi connectivity index (χ3n) is 6.96.